The number of hydrogen-bond acceptors (Lipinski definition) is 7. The van der Waals surface area contributed by atoms with Gasteiger partial charge in [-0.3, -0.25) is 4.79 Å². The SMILES string of the molecule is Cc1ccc(C)c(/C=C/c2onc(C)c2S(=O)(=O)N2CCC[C@@H](C(=O)N3CCN(c4ccccn4)CC3)C2)c1. The number of rotatable bonds is 6. The largest absolute Gasteiger partial charge is 0.355 e. The summed E-state index contributed by atoms with van der Waals surface area (Å²) in [5, 5.41) is 3.97. The van der Waals surface area contributed by atoms with Crippen LogP contribution in [0.25, 0.3) is 12.2 Å². The second-order valence-electron chi connectivity index (χ2n) is 10.4. The predicted molar refractivity (Wildman–Crippen MR) is 151 cm³/mol. The van der Waals surface area contributed by atoms with E-state index in [-0.39, 0.29) is 29.0 Å². The summed E-state index contributed by atoms with van der Waals surface area (Å²) in [5.74, 6) is 0.759. The number of anilines is 1. The lowest BCUT2D eigenvalue weighted by Crippen LogP contribution is -2.53. The summed E-state index contributed by atoms with van der Waals surface area (Å²) >= 11 is 0. The van der Waals surface area contributed by atoms with E-state index in [1.54, 1.807) is 19.2 Å². The van der Waals surface area contributed by atoms with Crippen molar-refractivity contribution < 1.29 is 17.7 Å². The van der Waals surface area contributed by atoms with Gasteiger partial charge in [0.05, 0.1) is 5.92 Å². The monoisotopic (exact) mass is 549 g/mol. The van der Waals surface area contributed by atoms with E-state index < -0.39 is 10.0 Å². The Bertz CT molecular complexity index is 1460. The van der Waals surface area contributed by atoms with E-state index in [1.165, 1.54) is 4.31 Å². The fourth-order valence-corrected chi connectivity index (χ4v) is 7.12. The molecule has 2 fully saturated rings. The summed E-state index contributed by atoms with van der Waals surface area (Å²) < 4.78 is 34.5. The zero-order valence-corrected chi connectivity index (χ0v) is 23.5. The fraction of sp³-hybridized carbons (Fsp3) is 0.414. The number of amides is 1. The van der Waals surface area contributed by atoms with E-state index in [9.17, 15) is 13.2 Å². The van der Waals surface area contributed by atoms with Gasteiger partial charge in [0.2, 0.25) is 15.9 Å². The number of sulfonamides is 1. The van der Waals surface area contributed by atoms with Crippen LogP contribution in [0.3, 0.4) is 0 Å². The van der Waals surface area contributed by atoms with Crippen molar-refractivity contribution in [3.8, 4) is 0 Å². The van der Waals surface area contributed by atoms with Gasteiger partial charge >= 0.3 is 0 Å². The third kappa shape index (κ3) is 5.77. The van der Waals surface area contributed by atoms with Crippen molar-refractivity contribution in [1.82, 2.24) is 19.3 Å². The number of carbonyl (C=O) groups excluding carboxylic acids is 1. The van der Waals surface area contributed by atoms with Crippen molar-refractivity contribution in [3.63, 3.8) is 0 Å². The lowest BCUT2D eigenvalue weighted by molar-refractivity contribution is -0.137. The maximum absolute atomic E-state index is 13.8. The standard InChI is InChI=1S/C29H35N5O4S/c1-21-9-10-22(2)24(19-21)11-12-26-28(23(3)31-38-26)39(36,37)34-14-6-7-25(20-34)29(35)33-17-15-32(16-18-33)27-8-4-5-13-30-27/h4-5,8-13,19,25H,6-7,14-18,20H2,1-3H3/b12-11+/t25-/m1/s1. The average Bonchev–Trinajstić information content (AvgIpc) is 3.34. The zero-order valence-electron chi connectivity index (χ0n) is 22.7. The first-order valence-electron chi connectivity index (χ1n) is 13.4. The molecule has 0 bridgehead atoms. The molecule has 1 aromatic carbocycles. The van der Waals surface area contributed by atoms with Gasteiger partial charge < -0.3 is 14.3 Å². The molecule has 2 aliphatic rings. The van der Waals surface area contributed by atoms with Gasteiger partial charge in [0.15, 0.2) is 10.7 Å². The van der Waals surface area contributed by atoms with Crippen LogP contribution in [0.2, 0.25) is 0 Å². The van der Waals surface area contributed by atoms with E-state index in [4.69, 9.17) is 4.52 Å². The molecule has 0 N–H and O–H groups in total. The van der Waals surface area contributed by atoms with E-state index in [1.807, 2.05) is 61.2 Å². The predicted octanol–water partition coefficient (Wildman–Crippen LogP) is 3.91. The molecule has 2 aromatic heterocycles. The first kappa shape index (κ1) is 27.1. The van der Waals surface area contributed by atoms with Crippen LogP contribution in [-0.4, -0.2) is 72.9 Å². The van der Waals surface area contributed by atoms with Gasteiger partial charge in [-0.05, 0) is 62.9 Å². The second-order valence-corrected chi connectivity index (χ2v) is 12.2. The third-order valence-corrected chi connectivity index (χ3v) is 9.60. The van der Waals surface area contributed by atoms with Gasteiger partial charge in [0.1, 0.15) is 11.5 Å². The highest BCUT2D eigenvalue weighted by Gasteiger charge is 2.38. The van der Waals surface area contributed by atoms with E-state index in [0.29, 0.717) is 51.3 Å². The van der Waals surface area contributed by atoms with E-state index in [2.05, 4.69) is 15.0 Å². The van der Waals surface area contributed by atoms with E-state index >= 15 is 0 Å². The summed E-state index contributed by atoms with van der Waals surface area (Å²) in [7, 11) is -3.91. The Morgan fingerprint density at radius 3 is 2.56 bits per heavy atom. The van der Waals surface area contributed by atoms with Crippen LogP contribution in [0.1, 0.15) is 41.0 Å². The number of piperazine rings is 1. The Kier molecular flexibility index (Phi) is 7.86. The summed E-state index contributed by atoms with van der Waals surface area (Å²) in [4.78, 5) is 21.9. The first-order chi connectivity index (χ1) is 18.7. The summed E-state index contributed by atoms with van der Waals surface area (Å²) in [6.07, 6.45) is 6.59. The summed E-state index contributed by atoms with van der Waals surface area (Å²) in [6.45, 7) is 8.77. The summed E-state index contributed by atoms with van der Waals surface area (Å²) in [6, 6.07) is 11.9. The van der Waals surface area contributed by atoms with Crippen LogP contribution < -0.4 is 4.90 Å². The van der Waals surface area contributed by atoms with Gasteiger partial charge in [0, 0.05) is 45.5 Å². The number of hydrogen-bond donors (Lipinski definition) is 0. The van der Waals surface area contributed by atoms with Gasteiger partial charge in [-0.15, -0.1) is 0 Å². The van der Waals surface area contributed by atoms with Gasteiger partial charge in [-0.2, -0.15) is 4.31 Å². The van der Waals surface area contributed by atoms with Gasteiger partial charge in [0.25, 0.3) is 0 Å². The van der Waals surface area contributed by atoms with Crippen LogP contribution in [0.5, 0.6) is 0 Å². The van der Waals surface area contributed by atoms with Crippen molar-refractivity contribution >= 4 is 33.9 Å². The molecular formula is C29H35N5O4S. The molecule has 0 radical (unpaired) electrons. The second kappa shape index (κ2) is 11.3. The first-order valence-corrected chi connectivity index (χ1v) is 14.8. The van der Waals surface area contributed by atoms with Crippen molar-refractivity contribution in [2.24, 2.45) is 5.92 Å². The maximum Gasteiger partial charge on any atom is 0.248 e. The van der Waals surface area contributed by atoms with E-state index in [0.717, 1.165) is 22.5 Å². The minimum atomic E-state index is -3.91. The highest BCUT2D eigenvalue weighted by molar-refractivity contribution is 7.89. The molecule has 206 valence electrons. The number of nitrogens with zero attached hydrogens (tertiary/aromatic N) is 5. The highest BCUT2D eigenvalue weighted by Crippen LogP contribution is 2.30. The lowest BCUT2D eigenvalue weighted by Gasteiger charge is -2.39. The quantitative estimate of drug-likeness (QED) is 0.460. The number of pyridine rings is 1. The van der Waals surface area contributed by atoms with Crippen LogP contribution in [0.15, 0.2) is 52.0 Å². The molecule has 0 saturated carbocycles. The van der Waals surface area contributed by atoms with Crippen LogP contribution in [-0.2, 0) is 14.8 Å². The number of aryl methyl sites for hydroxylation is 3. The third-order valence-electron chi connectivity index (χ3n) is 7.58. The highest BCUT2D eigenvalue weighted by atomic mass is 32.2. The maximum atomic E-state index is 13.8. The van der Waals surface area contributed by atoms with Gasteiger partial charge in [-0.1, -0.05) is 41.1 Å². The van der Waals surface area contributed by atoms with Crippen LogP contribution >= 0.6 is 0 Å². The molecule has 10 heteroatoms. The molecule has 0 spiro atoms. The number of carbonyl (C=O) groups is 1. The summed E-state index contributed by atoms with van der Waals surface area (Å²) in [5.41, 5.74) is 3.49. The molecule has 3 aromatic rings. The molecule has 5 rings (SSSR count). The van der Waals surface area contributed by atoms with Crippen molar-refractivity contribution in [2.75, 3.05) is 44.2 Å². The molecule has 1 atom stereocenters. The molecule has 0 aliphatic carbocycles. The molecule has 1 amide bonds. The number of aromatic nitrogens is 2. The minimum Gasteiger partial charge on any atom is -0.355 e. The molecule has 9 nitrogen and oxygen atoms in total. The Morgan fingerprint density at radius 2 is 1.82 bits per heavy atom. The molecular weight excluding hydrogens is 514 g/mol. The Morgan fingerprint density at radius 1 is 1.03 bits per heavy atom. The molecule has 2 saturated heterocycles. The molecule has 4 heterocycles. The fourth-order valence-electron chi connectivity index (χ4n) is 5.35. The smallest absolute Gasteiger partial charge is 0.248 e. The van der Waals surface area contributed by atoms with Crippen molar-refractivity contribution in [1.29, 1.82) is 0 Å². The average molecular weight is 550 g/mol. The Balaban J connectivity index is 1.29. The molecule has 2 aliphatic heterocycles. The van der Waals surface area contributed by atoms with Crippen molar-refractivity contribution in [3.05, 3.63) is 70.7 Å². The van der Waals surface area contributed by atoms with Gasteiger partial charge in [-0.25, -0.2) is 13.4 Å². The van der Waals surface area contributed by atoms with Crippen LogP contribution in [0.4, 0.5) is 5.82 Å². The normalized spacial score (nSPS) is 19.1. The lowest BCUT2D eigenvalue weighted by atomic mass is 9.98. The molecule has 0 unspecified atom stereocenters. The minimum absolute atomic E-state index is 0.0210. The molecule has 39 heavy (non-hydrogen) atoms. The zero-order chi connectivity index (χ0) is 27.6. The Hall–Kier alpha value is -3.50. The van der Waals surface area contributed by atoms with Crippen molar-refractivity contribution in [2.45, 2.75) is 38.5 Å². The van der Waals surface area contributed by atoms with Crippen LogP contribution in [0, 0.1) is 26.7 Å². The topological polar surface area (TPSA) is 99.8 Å². The number of piperidine rings is 1. The number of benzene rings is 1. The Labute approximate surface area is 230 Å².